The monoisotopic (exact) mass is 270 g/mol. The SMILES string of the molecule is N#Cc1ccncc1Sc1ccc(CC(=O)O)cc1. The maximum atomic E-state index is 10.6. The van der Waals surface area contributed by atoms with Crippen LogP contribution in [0.1, 0.15) is 11.1 Å². The third-order valence-electron chi connectivity index (χ3n) is 2.41. The third-order valence-corrected chi connectivity index (χ3v) is 3.46. The van der Waals surface area contributed by atoms with Crippen molar-refractivity contribution in [3.8, 4) is 6.07 Å². The Hall–Kier alpha value is -2.32. The topological polar surface area (TPSA) is 74.0 Å². The Morgan fingerprint density at radius 2 is 2.05 bits per heavy atom. The van der Waals surface area contributed by atoms with Crippen LogP contribution in [-0.4, -0.2) is 16.1 Å². The first-order chi connectivity index (χ1) is 9.19. The van der Waals surface area contributed by atoms with Crippen LogP contribution >= 0.6 is 11.8 Å². The molecule has 1 aromatic carbocycles. The molecule has 0 aliphatic rings. The molecule has 19 heavy (non-hydrogen) atoms. The summed E-state index contributed by atoms with van der Waals surface area (Å²) in [6.07, 6.45) is 3.24. The highest BCUT2D eigenvalue weighted by atomic mass is 32.2. The van der Waals surface area contributed by atoms with Crippen molar-refractivity contribution in [1.82, 2.24) is 4.98 Å². The Morgan fingerprint density at radius 3 is 2.68 bits per heavy atom. The van der Waals surface area contributed by atoms with Crippen LogP contribution < -0.4 is 0 Å². The number of benzene rings is 1. The molecule has 1 N–H and O–H groups in total. The van der Waals surface area contributed by atoms with E-state index in [0.717, 1.165) is 15.4 Å². The molecule has 0 radical (unpaired) electrons. The van der Waals surface area contributed by atoms with Gasteiger partial charge in [-0.1, -0.05) is 23.9 Å². The molecule has 0 unspecified atom stereocenters. The number of carboxylic acid groups (broad SMARTS) is 1. The fourth-order valence-electron chi connectivity index (χ4n) is 1.53. The molecule has 0 spiro atoms. The van der Waals surface area contributed by atoms with Crippen LogP contribution in [0.2, 0.25) is 0 Å². The number of hydrogen-bond acceptors (Lipinski definition) is 4. The predicted octanol–water partition coefficient (Wildman–Crippen LogP) is 2.73. The number of hydrogen-bond donors (Lipinski definition) is 1. The number of rotatable bonds is 4. The number of pyridine rings is 1. The fourth-order valence-corrected chi connectivity index (χ4v) is 2.39. The standard InChI is InChI=1S/C14H10N2O2S/c15-8-11-5-6-16-9-13(11)19-12-3-1-10(2-4-12)7-14(17)18/h1-6,9H,7H2,(H,17,18). The molecule has 94 valence electrons. The molecule has 0 bridgehead atoms. The summed E-state index contributed by atoms with van der Waals surface area (Å²) in [6.45, 7) is 0. The normalized spacial score (nSPS) is 9.84. The van der Waals surface area contributed by atoms with E-state index in [-0.39, 0.29) is 6.42 Å². The number of nitrogens with zero attached hydrogens (tertiary/aromatic N) is 2. The number of aromatic nitrogens is 1. The summed E-state index contributed by atoms with van der Waals surface area (Å²) in [6, 6.07) is 11.0. The lowest BCUT2D eigenvalue weighted by Gasteiger charge is -2.04. The van der Waals surface area contributed by atoms with Gasteiger partial charge in [0.2, 0.25) is 0 Å². The van der Waals surface area contributed by atoms with Crippen LogP contribution in [0.3, 0.4) is 0 Å². The van der Waals surface area contributed by atoms with Crippen LogP contribution in [0.5, 0.6) is 0 Å². The van der Waals surface area contributed by atoms with Crippen molar-refractivity contribution in [3.05, 3.63) is 53.9 Å². The molecule has 2 aromatic rings. The van der Waals surface area contributed by atoms with Gasteiger partial charge in [0, 0.05) is 22.2 Å². The van der Waals surface area contributed by atoms with E-state index in [9.17, 15) is 4.79 Å². The van der Waals surface area contributed by atoms with Crippen molar-refractivity contribution in [1.29, 1.82) is 5.26 Å². The molecular formula is C14H10N2O2S. The molecule has 0 aliphatic heterocycles. The zero-order chi connectivity index (χ0) is 13.7. The summed E-state index contributed by atoms with van der Waals surface area (Å²) in [5.41, 5.74) is 1.33. The minimum absolute atomic E-state index is 0.0152. The smallest absolute Gasteiger partial charge is 0.307 e. The second-order valence-corrected chi connectivity index (χ2v) is 4.92. The van der Waals surface area contributed by atoms with Gasteiger partial charge in [-0.2, -0.15) is 5.26 Å². The average Bonchev–Trinajstić information content (AvgIpc) is 2.41. The summed E-state index contributed by atoms with van der Waals surface area (Å²) >= 11 is 1.43. The van der Waals surface area contributed by atoms with Crippen molar-refractivity contribution >= 4 is 17.7 Å². The van der Waals surface area contributed by atoms with Crippen molar-refractivity contribution < 1.29 is 9.90 Å². The second kappa shape index (κ2) is 6.03. The van der Waals surface area contributed by atoms with Gasteiger partial charge < -0.3 is 5.11 Å². The second-order valence-electron chi connectivity index (χ2n) is 3.80. The molecule has 2 rings (SSSR count). The van der Waals surface area contributed by atoms with Crippen LogP contribution in [-0.2, 0) is 11.2 Å². The zero-order valence-corrected chi connectivity index (χ0v) is 10.7. The summed E-state index contributed by atoms with van der Waals surface area (Å²) in [5, 5.41) is 17.7. The maximum Gasteiger partial charge on any atom is 0.307 e. The molecule has 0 saturated heterocycles. The van der Waals surface area contributed by atoms with E-state index in [1.54, 1.807) is 30.6 Å². The quantitative estimate of drug-likeness (QED) is 0.924. The lowest BCUT2D eigenvalue weighted by Crippen LogP contribution is -1.99. The summed E-state index contributed by atoms with van der Waals surface area (Å²) in [4.78, 5) is 16.3. The summed E-state index contributed by atoms with van der Waals surface area (Å²) in [7, 11) is 0. The van der Waals surface area contributed by atoms with Gasteiger partial charge in [0.05, 0.1) is 12.0 Å². The lowest BCUT2D eigenvalue weighted by molar-refractivity contribution is -0.136. The van der Waals surface area contributed by atoms with Crippen LogP contribution in [0, 0.1) is 11.3 Å². The van der Waals surface area contributed by atoms with E-state index in [1.807, 2.05) is 12.1 Å². The van der Waals surface area contributed by atoms with Gasteiger partial charge in [-0.15, -0.1) is 0 Å². The molecule has 1 heterocycles. The van der Waals surface area contributed by atoms with Crippen molar-refractivity contribution in [3.63, 3.8) is 0 Å². The van der Waals surface area contributed by atoms with E-state index >= 15 is 0 Å². The average molecular weight is 270 g/mol. The van der Waals surface area contributed by atoms with Gasteiger partial charge in [-0.25, -0.2) is 0 Å². The van der Waals surface area contributed by atoms with Gasteiger partial charge in [-0.05, 0) is 23.8 Å². The van der Waals surface area contributed by atoms with Crippen molar-refractivity contribution in [2.75, 3.05) is 0 Å². The molecular weight excluding hydrogens is 260 g/mol. The molecule has 0 atom stereocenters. The fraction of sp³-hybridized carbons (Fsp3) is 0.0714. The Labute approximate surface area is 114 Å². The Balaban J connectivity index is 2.16. The van der Waals surface area contributed by atoms with E-state index in [0.29, 0.717) is 5.56 Å². The number of aliphatic carboxylic acids is 1. The van der Waals surface area contributed by atoms with E-state index < -0.39 is 5.97 Å². The van der Waals surface area contributed by atoms with Crippen LogP contribution in [0.4, 0.5) is 0 Å². The van der Waals surface area contributed by atoms with E-state index in [2.05, 4.69) is 11.1 Å². The highest BCUT2D eigenvalue weighted by molar-refractivity contribution is 7.99. The first kappa shape index (κ1) is 13.1. The minimum atomic E-state index is -0.848. The summed E-state index contributed by atoms with van der Waals surface area (Å²) in [5.74, 6) is -0.848. The largest absolute Gasteiger partial charge is 0.481 e. The molecule has 0 fully saturated rings. The Kier molecular flexibility index (Phi) is 4.16. The van der Waals surface area contributed by atoms with Gasteiger partial charge in [0.15, 0.2) is 0 Å². The first-order valence-corrected chi connectivity index (χ1v) is 6.33. The lowest BCUT2D eigenvalue weighted by atomic mass is 10.2. The van der Waals surface area contributed by atoms with Gasteiger partial charge in [0.25, 0.3) is 0 Å². The van der Waals surface area contributed by atoms with Gasteiger partial charge >= 0.3 is 5.97 Å². The molecule has 1 aromatic heterocycles. The van der Waals surface area contributed by atoms with E-state index in [4.69, 9.17) is 10.4 Å². The summed E-state index contributed by atoms with van der Waals surface area (Å²) < 4.78 is 0. The van der Waals surface area contributed by atoms with Crippen molar-refractivity contribution in [2.24, 2.45) is 0 Å². The molecule has 0 amide bonds. The third kappa shape index (κ3) is 3.57. The number of carbonyl (C=O) groups is 1. The Bertz CT molecular complexity index is 633. The molecule has 0 aliphatic carbocycles. The minimum Gasteiger partial charge on any atom is -0.481 e. The molecule has 4 nitrogen and oxygen atoms in total. The highest BCUT2D eigenvalue weighted by Crippen LogP contribution is 2.29. The van der Waals surface area contributed by atoms with Crippen molar-refractivity contribution in [2.45, 2.75) is 16.2 Å². The van der Waals surface area contributed by atoms with Gasteiger partial charge in [-0.3, -0.25) is 9.78 Å². The number of carboxylic acids is 1. The first-order valence-electron chi connectivity index (χ1n) is 5.52. The van der Waals surface area contributed by atoms with Gasteiger partial charge in [0.1, 0.15) is 6.07 Å². The van der Waals surface area contributed by atoms with Crippen LogP contribution in [0.15, 0.2) is 52.5 Å². The number of nitriles is 1. The van der Waals surface area contributed by atoms with Crippen LogP contribution in [0.25, 0.3) is 0 Å². The molecule has 0 saturated carbocycles. The highest BCUT2D eigenvalue weighted by Gasteiger charge is 2.05. The molecule has 5 heteroatoms. The van der Waals surface area contributed by atoms with E-state index in [1.165, 1.54) is 11.8 Å². The Morgan fingerprint density at radius 1 is 1.32 bits per heavy atom. The zero-order valence-electron chi connectivity index (χ0n) is 9.91. The predicted molar refractivity (Wildman–Crippen MR) is 70.9 cm³/mol. The maximum absolute atomic E-state index is 10.6.